The number of nitrogens with zero attached hydrogens (tertiary/aromatic N) is 3. The lowest BCUT2D eigenvalue weighted by atomic mass is 10.1. The number of aromatic nitrogens is 4. The highest BCUT2D eigenvalue weighted by molar-refractivity contribution is 5.97. The SMILES string of the molecule is O=C(N[C@H](Cc1ccccc1)C(=O)Nc1cccc(-c2nn[nH]n2)c1)OCc1ccccc1. The Hall–Kier alpha value is -4.53. The van der Waals surface area contributed by atoms with Crippen LogP contribution in [0.1, 0.15) is 11.1 Å². The van der Waals surface area contributed by atoms with E-state index in [4.69, 9.17) is 4.74 Å². The second-order valence-electron chi connectivity index (χ2n) is 7.25. The Morgan fingerprint density at radius 1 is 0.909 bits per heavy atom. The molecule has 0 bridgehead atoms. The van der Waals surface area contributed by atoms with Crippen molar-refractivity contribution < 1.29 is 14.3 Å². The molecule has 0 aliphatic rings. The van der Waals surface area contributed by atoms with Gasteiger partial charge in [-0.05, 0) is 28.5 Å². The molecule has 3 N–H and O–H groups in total. The summed E-state index contributed by atoms with van der Waals surface area (Å²) in [6, 6.07) is 25.0. The number of ether oxygens (including phenoxy) is 1. The van der Waals surface area contributed by atoms with Gasteiger partial charge in [-0.3, -0.25) is 4.79 Å². The number of amides is 2. The zero-order chi connectivity index (χ0) is 22.9. The molecule has 4 rings (SSSR count). The number of tetrazole rings is 1. The summed E-state index contributed by atoms with van der Waals surface area (Å²) in [5, 5.41) is 19.4. The number of anilines is 1. The normalized spacial score (nSPS) is 11.4. The van der Waals surface area contributed by atoms with Gasteiger partial charge in [0, 0.05) is 17.7 Å². The molecule has 0 fully saturated rings. The maximum atomic E-state index is 13.1. The van der Waals surface area contributed by atoms with Gasteiger partial charge >= 0.3 is 6.09 Å². The zero-order valence-corrected chi connectivity index (χ0v) is 17.6. The second-order valence-corrected chi connectivity index (χ2v) is 7.25. The number of carbonyl (C=O) groups excluding carboxylic acids is 2. The number of aromatic amines is 1. The van der Waals surface area contributed by atoms with Crippen LogP contribution < -0.4 is 10.6 Å². The predicted molar refractivity (Wildman–Crippen MR) is 122 cm³/mol. The maximum Gasteiger partial charge on any atom is 0.408 e. The van der Waals surface area contributed by atoms with Crippen molar-refractivity contribution in [3.05, 3.63) is 96.1 Å². The van der Waals surface area contributed by atoms with Gasteiger partial charge in [-0.25, -0.2) is 4.79 Å². The summed E-state index contributed by atoms with van der Waals surface area (Å²) in [6.07, 6.45) is -0.368. The van der Waals surface area contributed by atoms with Crippen molar-refractivity contribution in [1.29, 1.82) is 0 Å². The fraction of sp³-hybridized carbons (Fsp3) is 0.125. The summed E-state index contributed by atoms with van der Waals surface area (Å²) in [6.45, 7) is 0.110. The van der Waals surface area contributed by atoms with Crippen molar-refractivity contribution in [3.63, 3.8) is 0 Å². The summed E-state index contributed by atoms with van der Waals surface area (Å²) in [5.41, 5.74) is 2.99. The molecule has 9 nitrogen and oxygen atoms in total. The molecule has 0 aliphatic carbocycles. The average molecular weight is 442 g/mol. The molecule has 0 aliphatic heterocycles. The van der Waals surface area contributed by atoms with E-state index >= 15 is 0 Å². The van der Waals surface area contributed by atoms with Gasteiger partial charge in [0.15, 0.2) is 0 Å². The highest BCUT2D eigenvalue weighted by Gasteiger charge is 2.22. The number of hydrogen-bond acceptors (Lipinski definition) is 6. The number of nitrogens with one attached hydrogen (secondary N) is 3. The highest BCUT2D eigenvalue weighted by Crippen LogP contribution is 2.19. The van der Waals surface area contributed by atoms with E-state index in [1.54, 1.807) is 24.3 Å². The molecule has 0 saturated carbocycles. The Labute approximate surface area is 190 Å². The van der Waals surface area contributed by atoms with E-state index in [0.717, 1.165) is 11.1 Å². The van der Waals surface area contributed by atoms with Gasteiger partial charge in [0.05, 0.1) is 0 Å². The minimum atomic E-state index is -0.843. The molecular weight excluding hydrogens is 420 g/mol. The molecule has 166 valence electrons. The Morgan fingerprint density at radius 3 is 2.33 bits per heavy atom. The molecule has 1 heterocycles. The van der Waals surface area contributed by atoms with E-state index in [9.17, 15) is 9.59 Å². The number of rotatable bonds is 8. The first-order chi connectivity index (χ1) is 16.2. The van der Waals surface area contributed by atoms with Crippen molar-refractivity contribution in [2.75, 3.05) is 5.32 Å². The van der Waals surface area contributed by atoms with Gasteiger partial charge in [0.1, 0.15) is 12.6 Å². The Kier molecular flexibility index (Phi) is 7.01. The van der Waals surface area contributed by atoms with Crippen LogP contribution in [0.5, 0.6) is 0 Å². The molecular formula is C24H22N6O3. The van der Waals surface area contributed by atoms with Crippen molar-refractivity contribution in [1.82, 2.24) is 25.9 Å². The molecule has 4 aromatic rings. The molecule has 0 radical (unpaired) electrons. The Balaban J connectivity index is 1.45. The van der Waals surface area contributed by atoms with Crippen LogP contribution in [0.3, 0.4) is 0 Å². The summed E-state index contributed by atoms with van der Waals surface area (Å²) < 4.78 is 5.31. The highest BCUT2D eigenvalue weighted by atomic mass is 16.5. The van der Waals surface area contributed by atoms with Crippen LogP contribution in [0.2, 0.25) is 0 Å². The summed E-state index contributed by atoms with van der Waals surface area (Å²) >= 11 is 0. The molecule has 2 amide bonds. The van der Waals surface area contributed by atoms with Gasteiger partial charge in [0.25, 0.3) is 0 Å². The van der Waals surface area contributed by atoms with Crippen LogP contribution in [0.25, 0.3) is 11.4 Å². The van der Waals surface area contributed by atoms with Gasteiger partial charge in [-0.1, -0.05) is 72.8 Å². The lowest BCUT2D eigenvalue weighted by molar-refractivity contribution is -0.118. The van der Waals surface area contributed by atoms with Crippen molar-refractivity contribution in [3.8, 4) is 11.4 Å². The Bertz CT molecular complexity index is 1180. The van der Waals surface area contributed by atoms with Gasteiger partial charge < -0.3 is 15.4 Å². The van der Waals surface area contributed by atoms with E-state index in [2.05, 4.69) is 31.3 Å². The van der Waals surface area contributed by atoms with E-state index in [0.29, 0.717) is 23.5 Å². The van der Waals surface area contributed by atoms with Gasteiger partial charge in [-0.15, -0.1) is 10.2 Å². The average Bonchev–Trinajstić information content (AvgIpc) is 3.39. The summed E-state index contributed by atoms with van der Waals surface area (Å²) in [4.78, 5) is 25.5. The monoisotopic (exact) mass is 442 g/mol. The smallest absolute Gasteiger partial charge is 0.408 e. The van der Waals surface area contributed by atoms with Gasteiger partial charge in [0.2, 0.25) is 11.7 Å². The molecule has 9 heteroatoms. The summed E-state index contributed by atoms with van der Waals surface area (Å²) in [5.74, 6) is 0.0373. The third kappa shape index (κ3) is 6.23. The fourth-order valence-electron chi connectivity index (χ4n) is 3.22. The van der Waals surface area contributed by atoms with Crippen molar-refractivity contribution in [2.24, 2.45) is 0 Å². The largest absolute Gasteiger partial charge is 0.445 e. The summed E-state index contributed by atoms with van der Waals surface area (Å²) in [7, 11) is 0. The minimum absolute atomic E-state index is 0.110. The molecule has 33 heavy (non-hydrogen) atoms. The molecule has 0 saturated heterocycles. The topological polar surface area (TPSA) is 122 Å². The first-order valence-corrected chi connectivity index (χ1v) is 10.3. The number of hydrogen-bond donors (Lipinski definition) is 3. The molecule has 3 aromatic carbocycles. The van der Waals surface area contributed by atoms with E-state index in [-0.39, 0.29) is 12.5 Å². The van der Waals surface area contributed by atoms with E-state index in [1.807, 2.05) is 60.7 Å². The molecule has 1 atom stereocenters. The van der Waals surface area contributed by atoms with Crippen LogP contribution in [-0.2, 0) is 22.6 Å². The third-order valence-corrected chi connectivity index (χ3v) is 4.84. The van der Waals surface area contributed by atoms with Crippen LogP contribution in [-0.4, -0.2) is 38.7 Å². The second kappa shape index (κ2) is 10.7. The van der Waals surface area contributed by atoms with Crippen LogP contribution >= 0.6 is 0 Å². The first-order valence-electron chi connectivity index (χ1n) is 10.3. The van der Waals surface area contributed by atoms with E-state index in [1.165, 1.54) is 0 Å². The zero-order valence-electron chi connectivity index (χ0n) is 17.6. The van der Waals surface area contributed by atoms with Crippen LogP contribution in [0.4, 0.5) is 10.5 Å². The molecule has 0 unspecified atom stereocenters. The first kappa shape index (κ1) is 21.7. The minimum Gasteiger partial charge on any atom is -0.445 e. The third-order valence-electron chi connectivity index (χ3n) is 4.84. The number of carbonyl (C=O) groups is 2. The van der Waals surface area contributed by atoms with Gasteiger partial charge in [-0.2, -0.15) is 5.21 Å². The maximum absolute atomic E-state index is 13.1. The number of H-pyrrole nitrogens is 1. The number of alkyl carbamates (subject to hydrolysis) is 1. The fourth-order valence-corrected chi connectivity index (χ4v) is 3.22. The Morgan fingerprint density at radius 2 is 1.64 bits per heavy atom. The van der Waals surface area contributed by atoms with Crippen molar-refractivity contribution in [2.45, 2.75) is 19.1 Å². The predicted octanol–water partition coefficient (Wildman–Crippen LogP) is 3.34. The number of benzene rings is 3. The van der Waals surface area contributed by atoms with Crippen LogP contribution in [0.15, 0.2) is 84.9 Å². The lowest BCUT2D eigenvalue weighted by Gasteiger charge is -2.19. The van der Waals surface area contributed by atoms with E-state index < -0.39 is 12.1 Å². The van der Waals surface area contributed by atoms with Crippen LogP contribution in [0, 0.1) is 0 Å². The molecule has 0 spiro atoms. The molecule has 1 aromatic heterocycles. The quantitative estimate of drug-likeness (QED) is 0.385. The lowest BCUT2D eigenvalue weighted by Crippen LogP contribution is -2.45. The van der Waals surface area contributed by atoms with Crippen molar-refractivity contribution >= 4 is 17.7 Å². The standard InChI is InChI=1S/C24H22N6O3/c31-23(25-20-13-7-12-19(15-20)22-27-29-30-28-22)21(14-17-8-3-1-4-9-17)26-24(32)33-16-18-10-5-2-6-11-18/h1-13,15,21H,14,16H2,(H,25,31)(H,26,32)(H,27,28,29,30)/t21-/m1/s1.